The van der Waals surface area contributed by atoms with Crippen LogP contribution in [-0.2, 0) is 6.54 Å². The van der Waals surface area contributed by atoms with Gasteiger partial charge in [0.2, 0.25) is 0 Å². The average Bonchev–Trinajstić information content (AvgIpc) is 2.85. The minimum atomic E-state index is -0.353. The topological polar surface area (TPSA) is 67.7 Å². The highest BCUT2D eigenvalue weighted by Crippen LogP contribution is 2.30. The van der Waals surface area contributed by atoms with Crippen LogP contribution in [0, 0.1) is 5.82 Å². The first-order valence-electron chi connectivity index (χ1n) is 10.9. The molecule has 0 spiro atoms. The quantitative estimate of drug-likeness (QED) is 0.621. The molecule has 1 saturated heterocycles. The van der Waals surface area contributed by atoms with E-state index in [0.29, 0.717) is 54.9 Å². The van der Waals surface area contributed by atoms with Crippen LogP contribution in [0.1, 0.15) is 31.3 Å². The molecule has 0 bridgehead atoms. The van der Waals surface area contributed by atoms with Gasteiger partial charge in [-0.05, 0) is 25.1 Å². The Morgan fingerprint density at radius 3 is 2.34 bits per heavy atom. The molecule has 170 valence electrons. The van der Waals surface area contributed by atoms with Crippen LogP contribution in [0.5, 0.6) is 5.75 Å². The molecule has 1 aliphatic rings. The monoisotopic (exact) mass is 440 g/mol. The van der Waals surface area contributed by atoms with E-state index in [1.54, 1.807) is 35.2 Å². The van der Waals surface area contributed by atoms with Crippen molar-refractivity contribution in [3.05, 3.63) is 64.3 Å². The van der Waals surface area contributed by atoms with Crippen molar-refractivity contribution < 1.29 is 13.9 Å². The van der Waals surface area contributed by atoms with Crippen LogP contribution in [0.4, 0.5) is 10.1 Å². The van der Waals surface area contributed by atoms with Crippen molar-refractivity contribution in [1.29, 1.82) is 0 Å². The number of ether oxygens (including phenoxy) is 1. The van der Waals surface area contributed by atoms with Crippen molar-refractivity contribution >= 4 is 22.4 Å². The first kappa shape index (κ1) is 23.2. The molecule has 0 unspecified atom stereocenters. The summed E-state index contributed by atoms with van der Waals surface area (Å²) in [5.41, 5.74) is 0.895. The molecule has 1 aliphatic heterocycles. The number of carbonyl (C=O) groups is 1. The van der Waals surface area contributed by atoms with E-state index in [2.05, 4.69) is 10.00 Å². The normalized spacial score (nSPS) is 13.5. The smallest absolute Gasteiger partial charge is 0.275 e. The Morgan fingerprint density at radius 2 is 1.72 bits per heavy atom. The van der Waals surface area contributed by atoms with Crippen molar-refractivity contribution in [2.75, 3.05) is 38.2 Å². The number of halogens is 1. The number of carbonyl (C=O) groups excluding carboxylic acids is 1. The summed E-state index contributed by atoms with van der Waals surface area (Å²) in [5.74, 6) is -0.0787. The largest absolute Gasteiger partial charge is 0.494 e. The molecule has 2 aromatic carbocycles. The van der Waals surface area contributed by atoms with Crippen LogP contribution < -0.4 is 15.2 Å². The maximum atomic E-state index is 13.5. The lowest BCUT2D eigenvalue weighted by atomic mass is 10.1. The highest BCUT2D eigenvalue weighted by molar-refractivity contribution is 6.04. The molecule has 7 nitrogen and oxygen atoms in total. The van der Waals surface area contributed by atoms with Crippen LogP contribution >= 0.6 is 0 Å². The van der Waals surface area contributed by atoms with Gasteiger partial charge in [-0.3, -0.25) is 9.59 Å². The third-order valence-electron chi connectivity index (χ3n) is 5.42. The minimum Gasteiger partial charge on any atom is -0.494 e. The number of nitrogens with zero attached hydrogens (tertiary/aromatic N) is 4. The molecule has 0 N–H and O–H groups in total. The molecule has 0 saturated carbocycles. The molecular formula is C24H29FN4O3. The van der Waals surface area contributed by atoms with Gasteiger partial charge in [0.15, 0.2) is 5.69 Å². The van der Waals surface area contributed by atoms with Crippen LogP contribution in [0.3, 0.4) is 0 Å². The fraction of sp³-hybridized carbons (Fsp3) is 0.375. The molecule has 1 aromatic heterocycles. The lowest BCUT2D eigenvalue weighted by molar-refractivity contribution is 0.0740. The first-order chi connectivity index (χ1) is 15.5. The van der Waals surface area contributed by atoms with Crippen molar-refractivity contribution in [3.63, 3.8) is 0 Å². The van der Waals surface area contributed by atoms with Gasteiger partial charge < -0.3 is 14.5 Å². The van der Waals surface area contributed by atoms with Gasteiger partial charge in [0.1, 0.15) is 11.6 Å². The first-order valence-corrected chi connectivity index (χ1v) is 10.9. The van der Waals surface area contributed by atoms with Gasteiger partial charge in [0, 0.05) is 44.2 Å². The van der Waals surface area contributed by atoms with E-state index in [0.717, 1.165) is 5.69 Å². The third kappa shape index (κ3) is 4.44. The molecule has 32 heavy (non-hydrogen) atoms. The summed E-state index contributed by atoms with van der Waals surface area (Å²) in [4.78, 5) is 29.6. The summed E-state index contributed by atoms with van der Waals surface area (Å²) in [6, 6.07) is 11.5. The Bertz CT molecular complexity index is 1150. The maximum Gasteiger partial charge on any atom is 0.275 e. The van der Waals surface area contributed by atoms with Gasteiger partial charge in [-0.1, -0.05) is 32.0 Å². The molecule has 0 radical (unpaired) electrons. The summed E-state index contributed by atoms with van der Waals surface area (Å²) < 4.78 is 20.1. The van der Waals surface area contributed by atoms with Crippen LogP contribution in [0.25, 0.3) is 10.8 Å². The Kier molecular flexibility index (Phi) is 7.45. The molecule has 2 heterocycles. The van der Waals surface area contributed by atoms with E-state index in [1.165, 1.54) is 23.9 Å². The number of anilines is 1. The number of aromatic nitrogens is 2. The van der Waals surface area contributed by atoms with Crippen LogP contribution in [0.2, 0.25) is 0 Å². The number of benzene rings is 2. The van der Waals surface area contributed by atoms with Gasteiger partial charge in [-0.15, -0.1) is 0 Å². The molecule has 1 amide bonds. The zero-order chi connectivity index (χ0) is 23.3. The van der Waals surface area contributed by atoms with Gasteiger partial charge >= 0.3 is 0 Å². The fourth-order valence-corrected chi connectivity index (χ4v) is 3.82. The molecule has 0 atom stereocenters. The lowest BCUT2D eigenvalue weighted by Crippen LogP contribution is -2.49. The zero-order valence-corrected chi connectivity index (χ0v) is 19.0. The molecule has 8 heteroatoms. The third-order valence-corrected chi connectivity index (χ3v) is 5.42. The number of hydrogen-bond donors (Lipinski definition) is 0. The highest BCUT2D eigenvalue weighted by Gasteiger charge is 2.27. The molecule has 0 aliphatic carbocycles. The SMILES string of the molecule is CC.CCn1nc(C(=O)N2CCN(c3ccc(F)cc3OC)CC2)c2ccccc2c1=O. The number of rotatable bonds is 4. The molecular weight excluding hydrogens is 411 g/mol. The maximum absolute atomic E-state index is 13.5. The number of amides is 1. The number of methoxy groups -OCH3 is 1. The van der Waals surface area contributed by atoms with Crippen molar-refractivity contribution in [2.45, 2.75) is 27.3 Å². The van der Waals surface area contributed by atoms with Crippen LogP contribution in [-0.4, -0.2) is 53.9 Å². The van der Waals surface area contributed by atoms with Gasteiger partial charge in [0.05, 0.1) is 18.2 Å². The minimum absolute atomic E-state index is 0.195. The summed E-state index contributed by atoms with van der Waals surface area (Å²) >= 11 is 0. The van der Waals surface area contributed by atoms with E-state index >= 15 is 0 Å². The van der Waals surface area contributed by atoms with Crippen LogP contribution in [0.15, 0.2) is 47.3 Å². The molecule has 3 aromatic rings. The molecule has 4 rings (SSSR count). The Hall–Kier alpha value is -3.42. The van der Waals surface area contributed by atoms with Gasteiger partial charge in [-0.25, -0.2) is 9.07 Å². The number of fused-ring (bicyclic) bond motifs is 1. The van der Waals surface area contributed by atoms with Crippen molar-refractivity contribution in [3.8, 4) is 5.75 Å². The van der Waals surface area contributed by atoms with E-state index in [-0.39, 0.29) is 17.3 Å². The summed E-state index contributed by atoms with van der Waals surface area (Å²) in [6.45, 7) is 8.35. The van der Waals surface area contributed by atoms with Gasteiger partial charge in [0.25, 0.3) is 11.5 Å². The Morgan fingerprint density at radius 1 is 1.06 bits per heavy atom. The summed E-state index contributed by atoms with van der Waals surface area (Å²) in [6.07, 6.45) is 0. The second-order valence-corrected chi connectivity index (χ2v) is 7.11. The number of piperazine rings is 1. The second-order valence-electron chi connectivity index (χ2n) is 7.11. The molecule has 1 fully saturated rings. The Labute approximate surface area is 187 Å². The second kappa shape index (κ2) is 10.3. The lowest BCUT2D eigenvalue weighted by Gasteiger charge is -2.36. The summed E-state index contributed by atoms with van der Waals surface area (Å²) in [7, 11) is 1.51. The standard InChI is InChI=1S/C22H23FN4O3.C2H6/c1-3-27-21(28)17-7-5-4-6-16(17)20(24-27)22(29)26-12-10-25(11-13-26)18-9-8-15(23)14-19(18)30-2;1-2/h4-9,14H,3,10-13H2,1-2H3;1-2H3. The zero-order valence-electron chi connectivity index (χ0n) is 19.0. The van der Waals surface area contributed by atoms with E-state index < -0.39 is 0 Å². The fourth-order valence-electron chi connectivity index (χ4n) is 3.82. The Balaban J connectivity index is 0.00000141. The van der Waals surface area contributed by atoms with E-state index in [4.69, 9.17) is 4.74 Å². The van der Waals surface area contributed by atoms with E-state index in [9.17, 15) is 14.0 Å². The number of aryl methyl sites for hydroxylation is 1. The van der Waals surface area contributed by atoms with Gasteiger partial charge in [-0.2, -0.15) is 5.10 Å². The predicted octanol–water partition coefficient (Wildman–Crippen LogP) is 3.55. The summed E-state index contributed by atoms with van der Waals surface area (Å²) in [5, 5.41) is 5.41. The number of hydrogen-bond acceptors (Lipinski definition) is 5. The van der Waals surface area contributed by atoms with E-state index in [1.807, 2.05) is 20.8 Å². The van der Waals surface area contributed by atoms with Crippen molar-refractivity contribution in [1.82, 2.24) is 14.7 Å². The highest BCUT2D eigenvalue weighted by atomic mass is 19.1. The predicted molar refractivity (Wildman–Crippen MR) is 124 cm³/mol. The van der Waals surface area contributed by atoms with Crippen molar-refractivity contribution in [2.24, 2.45) is 0 Å². The average molecular weight is 441 g/mol.